The van der Waals surface area contributed by atoms with Crippen LogP contribution in [0.25, 0.3) is 0 Å². The van der Waals surface area contributed by atoms with E-state index in [0.717, 1.165) is 5.56 Å². The van der Waals surface area contributed by atoms with Crippen LogP contribution in [-0.4, -0.2) is 30.1 Å². The molecule has 0 saturated carbocycles. The summed E-state index contributed by atoms with van der Waals surface area (Å²) in [5, 5.41) is 9.31. The number of rotatable bonds is 4. The van der Waals surface area contributed by atoms with Crippen LogP contribution in [0.4, 0.5) is 0 Å². The highest BCUT2D eigenvalue weighted by Crippen LogP contribution is 2.22. The number of hydrogen-bond donors (Lipinski definition) is 2. The predicted molar refractivity (Wildman–Crippen MR) is 63.4 cm³/mol. The largest absolute Gasteiger partial charge is 0.480 e. The maximum absolute atomic E-state index is 10.7. The smallest absolute Gasteiger partial charge is 0.325 e. The molecule has 0 heterocycles. The maximum atomic E-state index is 10.7. The molecule has 0 aliphatic carbocycles. The maximum Gasteiger partial charge on any atom is 0.325 e. The number of aliphatic carboxylic acids is 1. The van der Waals surface area contributed by atoms with Gasteiger partial charge in [-0.05, 0) is 31.3 Å². The van der Waals surface area contributed by atoms with Crippen LogP contribution >= 0.6 is 11.6 Å². The van der Waals surface area contributed by atoms with E-state index in [1.807, 2.05) is 19.0 Å². The third kappa shape index (κ3) is 3.20. The Morgan fingerprint density at radius 1 is 1.56 bits per heavy atom. The summed E-state index contributed by atoms with van der Waals surface area (Å²) in [5.41, 5.74) is 6.96. The minimum absolute atomic E-state index is 0.514. The van der Waals surface area contributed by atoms with Crippen LogP contribution in [-0.2, 0) is 11.3 Å². The average Bonchev–Trinajstić information content (AvgIpc) is 2.19. The summed E-state index contributed by atoms with van der Waals surface area (Å²) >= 11 is 6.05. The topological polar surface area (TPSA) is 66.6 Å². The lowest BCUT2D eigenvalue weighted by molar-refractivity contribution is -0.138. The van der Waals surface area contributed by atoms with Gasteiger partial charge in [0.15, 0.2) is 0 Å². The van der Waals surface area contributed by atoms with E-state index in [-0.39, 0.29) is 0 Å². The van der Waals surface area contributed by atoms with Gasteiger partial charge in [-0.15, -0.1) is 0 Å². The Labute approximate surface area is 99.6 Å². The van der Waals surface area contributed by atoms with Crippen LogP contribution in [0.2, 0.25) is 5.02 Å². The normalized spacial score (nSPS) is 12.8. The van der Waals surface area contributed by atoms with E-state index in [1.165, 1.54) is 0 Å². The lowest BCUT2D eigenvalue weighted by Gasteiger charge is -2.13. The molecule has 0 spiro atoms. The molecule has 3 N–H and O–H groups in total. The van der Waals surface area contributed by atoms with Crippen LogP contribution < -0.4 is 5.73 Å². The summed E-state index contributed by atoms with van der Waals surface area (Å²) in [4.78, 5) is 12.7. The van der Waals surface area contributed by atoms with Crippen LogP contribution in [0.1, 0.15) is 17.2 Å². The number of benzene rings is 1. The molecule has 1 atom stereocenters. The van der Waals surface area contributed by atoms with Gasteiger partial charge in [0.05, 0.1) is 0 Å². The summed E-state index contributed by atoms with van der Waals surface area (Å²) in [6.45, 7) is 0.710. The van der Waals surface area contributed by atoms with E-state index in [4.69, 9.17) is 22.4 Å². The summed E-state index contributed by atoms with van der Waals surface area (Å²) in [7, 11) is 3.88. The first kappa shape index (κ1) is 13.0. The fraction of sp³-hybridized carbons (Fsp3) is 0.364. The third-order valence-electron chi connectivity index (χ3n) is 2.19. The van der Waals surface area contributed by atoms with Crippen LogP contribution in [0.3, 0.4) is 0 Å². The van der Waals surface area contributed by atoms with Gasteiger partial charge < -0.3 is 15.7 Å². The minimum atomic E-state index is -1.06. The first-order valence-electron chi connectivity index (χ1n) is 4.83. The van der Waals surface area contributed by atoms with Crippen molar-refractivity contribution in [3.63, 3.8) is 0 Å². The van der Waals surface area contributed by atoms with Gasteiger partial charge in [0, 0.05) is 11.6 Å². The zero-order valence-electron chi connectivity index (χ0n) is 9.27. The van der Waals surface area contributed by atoms with Crippen molar-refractivity contribution in [2.45, 2.75) is 12.6 Å². The van der Waals surface area contributed by atoms with E-state index < -0.39 is 12.0 Å². The Morgan fingerprint density at radius 3 is 2.62 bits per heavy atom. The van der Waals surface area contributed by atoms with Crippen molar-refractivity contribution in [2.75, 3.05) is 14.1 Å². The summed E-state index contributed by atoms with van der Waals surface area (Å²) < 4.78 is 0. The van der Waals surface area contributed by atoms with Crippen molar-refractivity contribution in [1.82, 2.24) is 4.90 Å². The van der Waals surface area contributed by atoms with Crippen molar-refractivity contribution in [3.05, 3.63) is 34.3 Å². The zero-order chi connectivity index (χ0) is 12.3. The highest BCUT2D eigenvalue weighted by Gasteiger charge is 2.15. The molecule has 1 aromatic rings. The van der Waals surface area contributed by atoms with Crippen LogP contribution in [0.5, 0.6) is 0 Å². The van der Waals surface area contributed by atoms with E-state index in [2.05, 4.69) is 0 Å². The zero-order valence-corrected chi connectivity index (χ0v) is 10.0. The molecule has 0 aliphatic heterocycles. The van der Waals surface area contributed by atoms with Crippen molar-refractivity contribution in [3.8, 4) is 0 Å². The molecule has 0 aromatic heterocycles. The highest BCUT2D eigenvalue weighted by molar-refractivity contribution is 6.31. The van der Waals surface area contributed by atoms with Gasteiger partial charge in [-0.2, -0.15) is 0 Å². The van der Waals surface area contributed by atoms with Gasteiger partial charge in [0.25, 0.3) is 0 Å². The predicted octanol–water partition coefficient (Wildman–Crippen LogP) is 1.49. The fourth-order valence-electron chi connectivity index (χ4n) is 1.37. The number of carbonyl (C=O) groups is 1. The molecule has 1 aromatic carbocycles. The quantitative estimate of drug-likeness (QED) is 0.840. The second-order valence-electron chi connectivity index (χ2n) is 3.90. The molecule has 1 unspecified atom stereocenters. The molecule has 0 aliphatic rings. The number of halogens is 1. The number of nitrogens with zero attached hydrogens (tertiary/aromatic N) is 1. The standard InChI is InChI=1S/C11H15ClN2O2/c1-14(2)6-8-4-3-7(5-9(8)12)10(13)11(15)16/h3-5,10H,6,13H2,1-2H3,(H,15,16). The molecule has 5 heteroatoms. The number of carboxylic acid groups (broad SMARTS) is 1. The molecule has 0 bridgehead atoms. The molecule has 0 amide bonds. The molecule has 88 valence electrons. The van der Waals surface area contributed by atoms with Crippen LogP contribution in [0.15, 0.2) is 18.2 Å². The molecule has 0 saturated heterocycles. The van der Waals surface area contributed by atoms with Crippen molar-refractivity contribution < 1.29 is 9.90 Å². The van der Waals surface area contributed by atoms with Crippen LogP contribution in [0, 0.1) is 0 Å². The van der Waals surface area contributed by atoms with Gasteiger partial charge in [-0.1, -0.05) is 23.7 Å². The summed E-state index contributed by atoms with van der Waals surface area (Å²) in [6, 6.07) is 4.09. The molecular weight excluding hydrogens is 228 g/mol. The van der Waals surface area contributed by atoms with Gasteiger partial charge >= 0.3 is 5.97 Å². The van der Waals surface area contributed by atoms with E-state index in [0.29, 0.717) is 17.1 Å². The average molecular weight is 243 g/mol. The van der Waals surface area contributed by atoms with E-state index >= 15 is 0 Å². The Morgan fingerprint density at radius 2 is 2.19 bits per heavy atom. The number of hydrogen-bond acceptors (Lipinski definition) is 3. The SMILES string of the molecule is CN(C)Cc1ccc(C(N)C(=O)O)cc1Cl. The highest BCUT2D eigenvalue weighted by atomic mass is 35.5. The van der Waals surface area contributed by atoms with Gasteiger partial charge in [0.2, 0.25) is 0 Å². The van der Waals surface area contributed by atoms with Crippen molar-refractivity contribution in [1.29, 1.82) is 0 Å². The Kier molecular flexibility index (Phi) is 4.29. The minimum Gasteiger partial charge on any atom is -0.480 e. The summed E-state index contributed by atoms with van der Waals surface area (Å²) in [6.07, 6.45) is 0. The van der Waals surface area contributed by atoms with E-state index in [1.54, 1.807) is 18.2 Å². The van der Waals surface area contributed by atoms with Crippen molar-refractivity contribution >= 4 is 17.6 Å². The lowest BCUT2D eigenvalue weighted by Crippen LogP contribution is -2.20. The Hall–Kier alpha value is -1.10. The Bertz CT molecular complexity index is 394. The molecule has 16 heavy (non-hydrogen) atoms. The molecule has 0 radical (unpaired) electrons. The van der Waals surface area contributed by atoms with Gasteiger partial charge in [-0.3, -0.25) is 4.79 Å². The first-order chi connectivity index (χ1) is 7.41. The molecule has 4 nitrogen and oxygen atoms in total. The number of nitrogens with two attached hydrogens (primary N) is 1. The second-order valence-corrected chi connectivity index (χ2v) is 4.31. The van der Waals surface area contributed by atoms with Crippen molar-refractivity contribution in [2.24, 2.45) is 5.73 Å². The molecule has 0 fully saturated rings. The Balaban J connectivity index is 2.95. The fourth-order valence-corrected chi connectivity index (χ4v) is 1.62. The first-order valence-corrected chi connectivity index (χ1v) is 5.21. The number of carboxylic acids is 1. The monoisotopic (exact) mass is 242 g/mol. The van der Waals surface area contributed by atoms with Gasteiger partial charge in [0.1, 0.15) is 6.04 Å². The summed E-state index contributed by atoms with van der Waals surface area (Å²) in [5.74, 6) is -1.06. The van der Waals surface area contributed by atoms with E-state index in [9.17, 15) is 4.79 Å². The molecule has 1 rings (SSSR count). The third-order valence-corrected chi connectivity index (χ3v) is 2.54. The second kappa shape index (κ2) is 5.30. The molecular formula is C11H15ClN2O2. The van der Waals surface area contributed by atoms with Gasteiger partial charge in [-0.25, -0.2) is 0 Å². The lowest BCUT2D eigenvalue weighted by atomic mass is 10.1.